The topological polar surface area (TPSA) is 86.8 Å². The maximum atomic E-state index is 11.2. The monoisotopic (exact) mass is 216 g/mol. The highest BCUT2D eigenvalue weighted by Gasteiger charge is 2.41. The minimum atomic E-state index is -1.50. The van der Waals surface area contributed by atoms with Crippen LogP contribution in [0.1, 0.15) is 26.2 Å². The molecule has 5 heteroatoms. The number of carbonyl (C=O) groups is 1. The van der Waals surface area contributed by atoms with Crippen LogP contribution >= 0.6 is 0 Å². The predicted molar refractivity (Wildman–Crippen MR) is 56.1 cm³/mol. The smallest absolute Gasteiger partial charge is 0.250 e. The lowest BCUT2D eigenvalue weighted by molar-refractivity contribution is -0.144. The first-order chi connectivity index (χ1) is 7.00. The maximum absolute atomic E-state index is 11.2. The van der Waals surface area contributed by atoms with Crippen molar-refractivity contribution in [2.45, 2.75) is 37.8 Å². The van der Waals surface area contributed by atoms with Gasteiger partial charge in [-0.25, -0.2) is 0 Å². The molecule has 0 aromatic rings. The van der Waals surface area contributed by atoms with Gasteiger partial charge >= 0.3 is 0 Å². The van der Waals surface area contributed by atoms with Crippen LogP contribution < -0.4 is 5.73 Å². The number of piperidine rings is 1. The van der Waals surface area contributed by atoms with Crippen LogP contribution in [-0.2, 0) is 4.79 Å². The van der Waals surface area contributed by atoms with E-state index in [9.17, 15) is 9.90 Å². The van der Waals surface area contributed by atoms with E-state index in [1.807, 2.05) is 4.90 Å². The molecule has 2 atom stereocenters. The van der Waals surface area contributed by atoms with Gasteiger partial charge in [0.25, 0.3) is 5.91 Å². The molecular formula is C10H20N2O3. The molecule has 1 rings (SSSR count). The third-order valence-corrected chi connectivity index (χ3v) is 3.15. The molecule has 0 radical (unpaired) electrons. The third kappa shape index (κ3) is 2.68. The number of rotatable bonds is 4. The van der Waals surface area contributed by atoms with Gasteiger partial charge in [-0.05, 0) is 26.3 Å². The van der Waals surface area contributed by atoms with E-state index in [4.69, 9.17) is 10.8 Å². The van der Waals surface area contributed by atoms with E-state index >= 15 is 0 Å². The van der Waals surface area contributed by atoms with Gasteiger partial charge in [0, 0.05) is 12.6 Å². The molecule has 1 aliphatic heterocycles. The van der Waals surface area contributed by atoms with Crippen molar-refractivity contribution in [3.8, 4) is 0 Å². The fourth-order valence-corrected chi connectivity index (χ4v) is 2.19. The van der Waals surface area contributed by atoms with E-state index in [0.29, 0.717) is 6.54 Å². The minimum Gasteiger partial charge on any atom is -0.395 e. The zero-order valence-corrected chi connectivity index (χ0v) is 9.15. The van der Waals surface area contributed by atoms with Gasteiger partial charge < -0.3 is 15.9 Å². The van der Waals surface area contributed by atoms with Crippen molar-refractivity contribution in [1.82, 2.24) is 4.90 Å². The second-order valence-corrected chi connectivity index (χ2v) is 4.28. The fourth-order valence-electron chi connectivity index (χ4n) is 2.19. The standard InChI is InChI=1S/C10H20N2O3/c1-10(15,9(11)14)8-4-2-3-5-12(8)6-7-13/h8,13,15H,2-7H2,1H3,(H2,11,14). The number of nitrogens with zero attached hydrogens (tertiary/aromatic N) is 1. The molecule has 1 aliphatic rings. The minimum absolute atomic E-state index is 0.0331. The van der Waals surface area contributed by atoms with Crippen molar-refractivity contribution in [2.24, 2.45) is 5.73 Å². The Morgan fingerprint density at radius 2 is 2.27 bits per heavy atom. The lowest BCUT2D eigenvalue weighted by Crippen LogP contribution is -2.59. The second kappa shape index (κ2) is 4.92. The Hall–Kier alpha value is -0.650. The normalized spacial score (nSPS) is 27.3. The van der Waals surface area contributed by atoms with E-state index in [0.717, 1.165) is 25.8 Å². The maximum Gasteiger partial charge on any atom is 0.250 e. The first kappa shape index (κ1) is 12.4. The number of primary amides is 1. The van der Waals surface area contributed by atoms with Crippen LogP contribution in [0.5, 0.6) is 0 Å². The quantitative estimate of drug-likeness (QED) is 0.566. The molecule has 1 fully saturated rings. The van der Waals surface area contributed by atoms with Crippen molar-refractivity contribution in [1.29, 1.82) is 0 Å². The summed E-state index contributed by atoms with van der Waals surface area (Å²) in [6.45, 7) is 2.77. The van der Waals surface area contributed by atoms with Crippen LogP contribution in [0.2, 0.25) is 0 Å². The third-order valence-electron chi connectivity index (χ3n) is 3.15. The molecule has 0 aromatic carbocycles. The Balaban J connectivity index is 2.75. The number of nitrogens with two attached hydrogens (primary N) is 1. The van der Waals surface area contributed by atoms with E-state index in [2.05, 4.69) is 0 Å². The molecule has 88 valence electrons. The number of β-amino-alcohol motifs (C(OH)–C–C–N with tert-alkyl or cyclic N) is 1. The van der Waals surface area contributed by atoms with Crippen molar-refractivity contribution in [2.75, 3.05) is 19.7 Å². The largest absolute Gasteiger partial charge is 0.395 e. The fraction of sp³-hybridized carbons (Fsp3) is 0.900. The Labute approximate surface area is 89.9 Å². The predicted octanol–water partition coefficient (Wildman–Crippen LogP) is -0.930. The van der Waals surface area contributed by atoms with E-state index in [-0.39, 0.29) is 12.6 Å². The van der Waals surface area contributed by atoms with Gasteiger partial charge in [0.05, 0.1) is 6.61 Å². The van der Waals surface area contributed by atoms with Gasteiger partial charge in [-0.3, -0.25) is 9.69 Å². The molecule has 1 amide bonds. The van der Waals surface area contributed by atoms with Crippen molar-refractivity contribution < 1.29 is 15.0 Å². The highest BCUT2D eigenvalue weighted by Crippen LogP contribution is 2.25. The van der Waals surface area contributed by atoms with Crippen molar-refractivity contribution in [3.05, 3.63) is 0 Å². The number of aliphatic hydroxyl groups is 2. The summed E-state index contributed by atoms with van der Waals surface area (Å²) in [6, 6.07) is -0.268. The van der Waals surface area contributed by atoms with E-state index in [1.54, 1.807) is 0 Å². The first-order valence-corrected chi connectivity index (χ1v) is 5.37. The molecule has 0 aliphatic carbocycles. The highest BCUT2D eigenvalue weighted by atomic mass is 16.3. The van der Waals surface area contributed by atoms with Crippen LogP contribution in [0.4, 0.5) is 0 Å². The highest BCUT2D eigenvalue weighted by molar-refractivity contribution is 5.83. The summed E-state index contributed by atoms with van der Waals surface area (Å²) in [6.07, 6.45) is 2.76. The molecular weight excluding hydrogens is 196 g/mol. The van der Waals surface area contributed by atoms with Gasteiger partial charge in [-0.1, -0.05) is 6.42 Å². The van der Waals surface area contributed by atoms with Crippen LogP contribution in [0, 0.1) is 0 Å². The lowest BCUT2D eigenvalue weighted by Gasteiger charge is -2.42. The van der Waals surface area contributed by atoms with Crippen LogP contribution in [0.25, 0.3) is 0 Å². The number of hydrogen-bond donors (Lipinski definition) is 3. The molecule has 2 unspecified atom stereocenters. The molecule has 1 heterocycles. The first-order valence-electron chi connectivity index (χ1n) is 5.37. The molecule has 15 heavy (non-hydrogen) atoms. The van der Waals surface area contributed by atoms with E-state index < -0.39 is 11.5 Å². The summed E-state index contributed by atoms with van der Waals surface area (Å²) in [5, 5.41) is 18.9. The summed E-state index contributed by atoms with van der Waals surface area (Å²) in [5.41, 5.74) is 3.68. The average Bonchev–Trinajstić information content (AvgIpc) is 2.18. The molecule has 4 N–H and O–H groups in total. The molecule has 0 bridgehead atoms. The van der Waals surface area contributed by atoms with Gasteiger partial charge in [0.1, 0.15) is 0 Å². The Morgan fingerprint density at radius 3 is 2.80 bits per heavy atom. The Morgan fingerprint density at radius 1 is 1.60 bits per heavy atom. The summed E-state index contributed by atoms with van der Waals surface area (Å²) >= 11 is 0. The Kier molecular flexibility index (Phi) is 4.07. The van der Waals surface area contributed by atoms with E-state index in [1.165, 1.54) is 6.92 Å². The van der Waals surface area contributed by atoms with Gasteiger partial charge in [0.2, 0.25) is 0 Å². The van der Waals surface area contributed by atoms with Gasteiger partial charge in [0.15, 0.2) is 5.60 Å². The number of aliphatic hydroxyl groups excluding tert-OH is 1. The summed E-state index contributed by atoms with van der Waals surface area (Å²) in [4.78, 5) is 13.1. The van der Waals surface area contributed by atoms with Crippen molar-refractivity contribution >= 4 is 5.91 Å². The molecule has 0 aromatic heterocycles. The zero-order valence-electron chi connectivity index (χ0n) is 9.15. The number of hydrogen-bond acceptors (Lipinski definition) is 4. The number of amides is 1. The number of carbonyl (C=O) groups excluding carboxylic acids is 1. The van der Waals surface area contributed by atoms with Gasteiger partial charge in [-0.15, -0.1) is 0 Å². The summed E-state index contributed by atoms with van der Waals surface area (Å²) in [7, 11) is 0. The SMILES string of the molecule is CC(O)(C(N)=O)C1CCCCN1CCO. The zero-order chi connectivity index (χ0) is 11.5. The summed E-state index contributed by atoms with van der Waals surface area (Å²) < 4.78 is 0. The summed E-state index contributed by atoms with van der Waals surface area (Å²) in [5.74, 6) is -0.697. The second-order valence-electron chi connectivity index (χ2n) is 4.28. The molecule has 0 saturated carbocycles. The lowest BCUT2D eigenvalue weighted by atomic mass is 9.87. The molecule has 0 spiro atoms. The van der Waals surface area contributed by atoms with Crippen LogP contribution in [-0.4, -0.2) is 52.4 Å². The van der Waals surface area contributed by atoms with Crippen LogP contribution in [0.15, 0.2) is 0 Å². The van der Waals surface area contributed by atoms with Crippen LogP contribution in [0.3, 0.4) is 0 Å². The van der Waals surface area contributed by atoms with Gasteiger partial charge in [-0.2, -0.15) is 0 Å². The molecule has 5 nitrogen and oxygen atoms in total. The Bertz CT molecular complexity index is 229. The molecule has 1 saturated heterocycles. The average molecular weight is 216 g/mol. The van der Waals surface area contributed by atoms with Crippen molar-refractivity contribution in [3.63, 3.8) is 0 Å². The number of likely N-dealkylation sites (tertiary alicyclic amines) is 1.